The minimum atomic E-state index is 0.839. The van der Waals surface area contributed by atoms with Gasteiger partial charge in [-0.1, -0.05) is 50.1 Å². The molecule has 1 aliphatic carbocycles. The summed E-state index contributed by atoms with van der Waals surface area (Å²) in [5.74, 6) is 1.73. The van der Waals surface area contributed by atoms with Gasteiger partial charge in [-0.25, -0.2) is 0 Å². The average molecular weight is 160 g/mol. The van der Waals surface area contributed by atoms with Crippen molar-refractivity contribution in [1.29, 1.82) is 0 Å². The second-order valence-corrected chi connectivity index (χ2v) is 3.93. The van der Waals surface area contributed by atoms with Gasteiger partial charge >= 0.3 is 0 Å². The summed E-state index contributed by atoms with van der Waals surface area (Å²) in [4.78, 5) is 0. The number of rotatable bonds is 1. The van der Waals surface area contributed by atoms with Gasteiger partial charge in [-0.3, -0.25) is 0 Å². The lowest BCUT2D eigenvalue weighted by Gasteiger charge is -2.14. The Morgan fingerprint density at radius 2 is 1.83 bits per heavy atom. The molecule has 0 spiro atoms. The zero-order chi connectivity index (χ0) is 8.39. The van der Waals surface area contributed by atoms with Gasteiger partial charge in [0.25, 0.3) is 0 Å². The monoisotopic (exact) mass is 160 g/mol. The third-order valence-electron chi connectivity index (χ3n) is 3.09. The van der Waals surface area contributed by atoms with Crippen LogP contribution in [-0.4, -0.2) is 0 Å². The van der Waals surface area contributed by atoms with Crippen molar-refractivity contribution < 1.29 is 0 Å². The fraction of sp³-hybridized carbons (Fsp3) is 0.500. The molecule has 2 rings (SSSR count). The maximum Gasteiger partial charge on any atom is -0.0136 e. The SMILES string of the molecule is CC1CCCC1c1ccccc1. The Morgan fingerprint density at radius 3 is 2.42 bits per heavy atom. The van der Waals surface area contributed by atoms with E-state index in [0.717, 1.165) is 11.8 Å². The van der Waals surface area contributed by atoms with E-state index < -0.39 is 0 Å². The zero-order valence-corrected chi connectivity index (χ0v) is 7.66. The number of hydrogen-bond donors (Lipinski definition) is 0. The Morgan fingerprint density at radius 1 is 1.08 bits per heavy atom. The van der Waals surface area contributed by atoms with Gasteiger partial charge in [0.1, 0.15) is 0 Å². The summed E-state index contributed by atoms with van der Waals surface area (Å²) in [6, 6.07) is 10.9. The lowest BCUT2D eigenvalue weighted by molar-refractivity contribution is 0.533. The van der Waals surface area contributed by atoms with Crippen LogP contribution >= 0.6 is 0 Å². The van der Waals surface area contributed by atoms with Crippen LogP contribution in [0.3, 0.4) is 0 Å². The Labute approximate surface area is 74.6 Å². The highest BCUT2D eigenvalue weighted by Gasteiger charge is 2.24. The van der Waals surface area contributed by atoms with Crippen molar-refractivity contribution in [2.75, 3.05) is 0 Å². The predicted octanol–water partition coefficient (Wildman–Crippen LogP) is 3.59. The lowest BCUT2D eigenvalue weighted by Crippen LogP contribution is -2.00. The molecule has 0 aliphatic heterocycles. The smallest absolute Gasteiger partial charge is 0.0136 e. The summed E-state index contributed by atoms with van der Waals surface area (Å²) >= 11 is 0. The molecule has 0 heterocycles. The fourth-order valence-electron chi connectivity index (χ4n) is 2.34. The van der Waals surface area contributed by atoms with Gasteiger partial charge < -0.3 is 0 Å². The molecule has 0 heteroatoms. The molecule has 1 fully saturated rings. The van der Waals surface area contributed by atoms with E-state index in [-0.39, 0.29) is 0 Å². The Bertz CT molecular complexity index is 237. The van der Waals surface area contributed by atoms with E-state index in [1.807, 2.05) is 0 Å². The minimum absolute atomic E-state index is 0.839. The molecule has 12 heavy (non-hydrogen) atoms. The Balaban J connectivity index is 2.19. The van der Waals surface area contributed by atoms with E-state index in [9.17, 15) is 0 Å². The first kappa shape index (κ1) is 7.85. The van der Waals surface area contributed by atoms with Crippen molar-refractivity contribution >= 4 is 0 Å². The molecular formula is C12H16. The third kappa shape index (κ3) is 1.38. The quantitative estimate of drug-likeness (QED) is 0.589. The van der Waals surface area contributed by atoms with Crippen molar-refractivity contribution in [3.05, 3.63) is 35.9 Å². The molecule has 2 atom stereocenters. The van der Waals surface area contributed by atoms with E-state index >= 15 is 0 Å². The summed E-state index contributed by atoms with van der Waals surface area (Å²) in [5.41, 5.74) is 1.54. The summed E-state index contributed by atoms with van der Waals surface area (Å²) in [7, 11) is 0. The third-order valence-corrected chi connectivity index (χ3v) is 3.09. The predicted molar refractivity (Wildman–Crippen MR) is 52.2 cm³/mol. The molecule has 1 aromatic rings. The second-order valence-electron chi connectivity index (χ2n) is 3.93. The first-order valence-electron chi connectivity index (χ1n) is 4.93. The number of benzene rings is 1. The van der Waals surface area contributed by atoms with Gasteiger partial charge in [0.05, 0.1) is 0 Å². The van der Waals surface area contributed by atoms with E-state index in [4.69, 9.17) is 0 Å². The highest BCUT2D eigenvalue weighted by molar-refractivity contribution is 5.20. The van der Waals surface area contributed by atoms with Gasteiger partial charge in [-0.05, 0) is 23.8 Å². The molecule has 0 aromatic heterocycles. The zero-order valence-electron chi connectivity index (χ0n) is 7.66. The van der Waals surface area contributed by atoms with Crippen molar-refractivity contribution in [3.8, 4) is 0 Å². The highest BCUT2D eigenvalue weighted by Crippen LogP contribution is 2.38. The standard InChI is InChI=1S/C12H16/c1-10-6-5-9-12(10)11-7-3-2-4-8-11/h2-4,7-8,10,12H,5-6,9H2,1H3. The van der Waals surface area contributed by atoms with Crippen LogP contribution in [-0.2, 0) is 0 Å². The summed E-state index contributed by atoms with van der Waals surface area (Å²) in [6.07, 6.45) is 4.23. The van der Waals surface area contributed by atoms with Crippen LogP contribution in [0.4, 0.5) is 0 Å². The van der Waals surface area contributed by atoms with E-state index in [0.29, 0.717) is 0 Å². The molecule has 0 nitrogen and oxygen atoms in total. The van der Waals surface area contributed by atoms with Crippen molar-refractivity contribution in [1.82, 2.24) is 0 Å². The van der Waals surface area contributed by atoms with Crippen LogP contribution in [0.1, 0.15) is 37.7 Å². The van der Waals surface area contributed by atoms with E-state index in [2.05, 4.69) is 37.3 Å². The summed E-state index contributed by atoms with van der Waals surface area (Å²) in [6.45, 7) is 2.38. The molecule has 64 valence electrons. The molecule has 1 saturated carbocycles. The van der Waals surface area contributed by atoms with Gasteiger partial charge in [0, 0.05) is 0 Å². The molecule has 0 saturated heterocycles. The van der Waals surface area contributed by atoms with Gasteiger partial charge in [0.2, 0.25) is 0 Å². The minimum Gasteiger partial charge on any atom is -0.0622 e. The topological polar surface area (TPSA) is 0 Å². The fourth-order valence-corrected chi connectivity index (χ4v) is 2.34. The van der Waals surface area contributed by atoms with Crippen LogP contribution in [0, 0.1) is 5.92 Å². The largest absolute Gasteiger partial charge is 0.0622 e. The molecule has 1 aromatic carbocycles. The van der Waals surface area contributed by atoms with E-state index in [1.54, 1.807) is 5.56 Å². The second kappa shape index (κ2) is 3.30. The normalized spacial score (nSPS) is 29.1. The first-order valence-corrected chi connectivity index (χ1v) is 4.93. The van der Waals surface area contributed by atoms with Crippen LogP contribution in [0.5, 0.6) is 0 Å². The maximum absolute atomic E-state index is 2.38. The maximum atomic E-state index is 2.38. The van der Waals surface area contributed by atoms with Crippen LogP contribution in [0.2, 0.25) is 0 Å². The van der Waals surface area contributed by atoms with Gasteiger partial charge in [-0.2, -0.15) is 0 Å². The summed E-state index contributed by atoms with van der Waals surface area (Å²) in [5, 5.41) is 0. The van der Waals surface area contributed by atoms with Crippen LogP contribution < -0.4 is 0 Å². The first-order chi connectivity index (χ1) is 5.88. The van der Waals surface area contributed by atoms with Gasteiger partial charge in [0.15, 0.2) is 0 Å². The Hall–Kier alpha value is -0.780. The summed E-state index contributed by atoms with van der Waals surface area (Å²) < 4.78 is 0. The highest BCUT2D eigenvalue weighted by atomic mass is 14.3. The van der Waals surface area contributed by atoms with Crippen molar-refractivity contribution in [2.45, 2.75) is 32.1 Å². The molecule has 2 unspecified atom stereocenters. The molecule has 0 radical (unpaired) electrons. The van der Waals surface area contributed by atoms with Crippen molar-refractivity contribution in [3.63, 3.8) is 0 Å². The van der Waals surface area contributed by atoms with Crippen molar-refractivity contribution in [2.24, 2.45) is 5.92 Å². The molecule has 0 bridgehead atoms. The Kier molecular flexibility index (Phi) is 2.16. The van der Waals surface area contributed by atoms with Crippen LogP contribution in [0.25, 0.3) is 0 Å². The molecule has 1 aliphatic rings. The number of hydrogen-bond acceptors (Lipinski definition) is 0. The lowest BCUT2D eigenvalue weighted by atomic mass is 9.90. The van der Waals surface area contributed by atoms with Gasteiger partial charge in [-0.15, -0.1) is 0 Å². The van der Waals surface area contributed by atoms with E-state index in [1.165, 1.54) is 19.3 Å². The van der Waals surface area contributed by atoms with Crippen LogP contribution in [0.15, 0.2) is 30.3 Å². The average Bonchev–Trinajstić information content (AvgIpc) is 2.53. The molecule has 0 N–H and O–H groups in total. The molecular weight excluding hydrogens is 144 g/mol. The molecule has 0 amide bonds.